The summed E-state index contributed by atoms with van der Waals surface area (Å²) in [5.41, 5.74) is 5.99. The highest BCUT2D eigenvalue weighted by atomic mass is 35.5. The van der Waals surface area contributed by atoms with Crippen LogP contribution in [-0.4, -0.2) is 50.4 Å². The number of nitrogens with two attached hydrogens (primary N) is 1. The first kappa shape index (κ1) is 18.2. The minimum absolute atomic E-state index is 0. The van der Waals surface area contributed by atoms with E-state index >= 15 is 0 Å². The highest BCUT2D eigenvalue weighted by molar-refractivity contribution is 5.85. The van der Waals surface area contributed by atoms with Gasteiger partial charge in [0.25, 0.3) is 0 Å². The zero-order valence-electron chi connectivity index (χ0n) is 12.3. The predicted molar refractivity (Wildman–Crippen MR) is 83.6 cm³/mol. The highest BCUT2D eigenvalue weighted by Gasteiger charge is 2.25. The second-order valence-corrected chi connectivity index (χ2v) is 5.18. The molecular weight excluding hydrogens is 295 g/mol. The molecule has 2 rings (SSSR count). The normalized spacial score (nSPS) is 22.6. The van der Waals surface area contributed by atoms with Crippen LogP contribution >= 0.6 is 12.4 Å². The van der Waals surface area contributed by atoms with Crippen molar-refractivity contribution in [2.75, 3.05) is 33.4 Å². The molecule has 1 saturated heterocycles. The molecule has 2 atom stereocenters. The molecule has 1 aliphatic heterocycles. The van der Waals surface area contributed by atoms with Crippen LogP contribution in [0.4, 0.5) is 4.39 Å². The van der Waals surface area contributed by atoms with E-state index in [1.54, 1.807) is 19.2 Å². The summed E-state index contributed by atoms with van der Waals surface area (Å²) in [6.45, 7) is 3.49. The summed E-state index contributed by atoms with van der Waals surface area (Å²) in [7, 11) is 1.71. The van der Waals surface area contributed by atoms with E-state index in [4.69, 9.17) is 15.2 Å². The second-order valence-electron chi connectivity index (χ2n) is 5.18. The first-order valence-electron chi connectivity index (χ1n) is 7.08. The summed E-state index contributed by atoms with van der Waals surface area (Å²) in [6.07, 6.45) is 2.03. The van der Waals surface area contributed by atoms with E-state index in [1.165, 1.54) is 12.1 Å². The fraction of sp³-hybridized carbons (Fsp3) is 0.600. The molecule has 1 aromatic rings. The summed E-state index contributed by atoms with van der Waals surface area (Å²) in [5, 5.41) is 0. The Morgan fingerprint density at radius 1 is 1.33 bits per heavy atom. The third kappa shape index (κ3) is 5.79. The molecular formula is C15H24ClFN2O2. The van der Waals surface area contributed by atoms with Gasteiger partial charge in [-0.05, 0) is 43.7 Å². The molecule has 1 aliphatic rings. The molecule has 21 heavy (non-hydrogen) atoms. The van der Waals surface area contributed by atoms with E-state index in [2.05, 4.69) is 4.90 Å². The number of methoxy groups -OCH3 is 1. The number of halogens is 2. The van der Waals surface area contributed by atoms with Crippen LogP contribution in [-0.2, 0) is 4.74 Å². The van der Waals surface area contributed by atoms with E-state index in [0.717, 1.165) is 32.5 Å². The molecule has 1 heterocycles. The van der Waals surface area contributed by atoms with Crippen LogP contribution in [0.15, 0.2) is 24.3 Å². The number of hydrogen-bond acceptors (Lipinski definition) is 4. The van der Waals surface area contributed by atoms with Gasteiger partial charge in [-0.2, -0.15) is 0 Å². The maximum absolute atomic E-state index is 12.7. The summed E-state index contributed by atoms with van der Waals surface area (Å²) in [5.74, 6) is 0.467. The van der Waals surface area contributed by atoms with Gasteiger partial charge in [0.1, 0.15) is 11.6 Å². The molecule has 1 aromatic carbocycles. The molecule has 0 aromatic heterocycles. The van der Waals surface area contributed by atoms with Gasteiger partial charge in [0.05, 0.1) is 12.7 Å². The molecule has 0 aliphatic carbocycles. The molecule has 0 radical (unpaired) electrons. The van der Waals surface area contributed by atoms with Crippen molar-refractivity contribution in [3.63, 3.8) is 0 Å². The third-order valence-corrected chi connectivity index (χ3v) is 3.70. The summed E-state index contributed by atoms with van der Waals surface area (Å²) >= 11 is 0. The Morgan fingerprint density at radius 3 is 2.71 bits per heavy atom. The first-order valence-corrected chi connectivity index (χ1v) is 7.08. The fourth-order valence-electron chi connectivity index (χ4n) is 2.46. The largest absolute Gasteiger partial charge is 0.494 e. The zero-order valence-corrected chi connectivity index (χ0v) is 13.2. The van der Waals surface area contributed by atoms with E-state index in [0.29, 0.717) is 12.4 Å². The van der Waals surface area contributed by atoms with Gasteiger partial charge in [0.2, 0.25) is 0 Å². The molecule has 1 fully saturated rings. The van der Waals surface area contributed by atoms with Gasteiger partial charge in [-0.25, -0.2) is 4.39 Å². The quantitative estimate of drug-likeness (QED) is 0.816. The third-order valence-electron chi connectivity index (χ3n) is 3.70. The molecule has 2 unspecified atom stereocenters. The lowest BCUT2D eigenvalue weighted by molar-refractivity contribution is 0.0154. The lowest BCUT2D eigenvalue weighted by Gasteiger charge is -2.35. The standard InChI is InChI=1S/C15H23FN2O2.ClH/c1-19-15-11-18(9-7-14(15)17)8-2-10-20-13-5-3-12(16)4-6-13;/h3-6,14-15H,2,7-11,17H2,1H3;1H. The van der Waals surface area contributed by atoms with Gasteiger partial charge >= 0.3 is 0 Å². The number of nitrogens with zero attached hydrogens (tertiary/aromatic N) is 1. The minimum Gasteiger partial charge on any atom is -0.494 e. The molecule has 0 bridgehead atoms. The van der Waals surface area contributed by atoms with Crippen LogP contribution in [0.2, 0.25) is 0 Å². The van der Waals surface area contributed by atoms with Gasteiger partial charge in [0.15, 0.2) is 0 Å². The lowest BCUT2D eigenvalue weighted by Crippen LogP contribution is -2.51. The van der Waals surface area contributed by atoms with Crippen molar-refractivity contribution in [1.82, 2.24) is 4.90 Å². The van der Waals surface area contributed by atoms with E-state index in [1.807, 2.05) is 0 Å². The Balaban J connectivity index is 0.00000220. The van der Waals surface area contributed by atoms with Gasteiger partial charge in [-0.15, -0.1) is 12.4 Å². The fourth-order valence-corrected chi connectivity index (χ4v) is 2.46. The number of likely N-dealkylation sites (tertiary alicyclic amines) is 1. The topological polar surface area (TPSA) is 47.7 Å². The number of rotatable bonds is 6. The smallest absolute Gasteiger partial charge is 0.123 e. The minimum atomic E-state index is -0.243. The van der Waals surface area contributed by atoms with Crippen LogP contribution in [0, 0.1) is 5.82 Å². The Labute approximate surface area is 131 Å². The molecule has 4 nitrogen and oxygen atoms in total. The van der Waals surface area contributed by atoms with Crippen LogP contribution in [0.25, 0.3) is 0 Å². The average Bonchev–Trinajstić information content (AvgIpc) is 2.47. The first-order chi connectivity index (χ1) is 9.69. The Hall–Kier alpha value is -0.880. The zero-order chi connectivity index (χ0) is 14.4. The van der Waals surface area contributed by atoms with Gasteiger partial charge in [-0.3, -0.25) is 0 Å². The Morgan fingerprint density at radius 2 is 2.05 bits per heavy atom. The number of piperidine rings is 1. The van der Waals surface area contributed by atoms with Crippen molar-refractivity contribution >= 4 is 12.4 Å². The lowest BCUT2D eigenvalue weighted by atomic mass is 10.0. The van der Waals surface area contributed by atoms with Gasteiger partial charge < -0.3 is 20.1 Å². The maximum atomic E-state index is 12.7. The van der Waals surface area contributed by atoms with Crippen LogP contribution in [0.3, 0.4) is 0 Å². The van der Waals surface area contributed by atoms with Crippen molar-refractivity contribution in [1.29, 1.82) is 0 Å². The van der Waals surface area contributed by atoms with E-state index in [9.17, 15) is 4.39 Å². The summed E-state index contributed by atoms with van der Waals surface area (Å²) in [6, 6.07) is 6.26. The molecule has 2 N–H and O–H groups in total. The van der Waals surface area contributed by atoms with E-state index < -0.39 is 0 Å². The molecule has 6 heteroatoms. The molecule has 0 saturated carbocycles. The predicted octanol–water partition coefficient (Wildman–Crippen LogP) is 2.06. The van der Waals surface area contributed by atoms with Crippen molar-refractivity contribution in [2.24, 2.45) is 5.73 Å². The average molecular weight is 319 g/mol. The monoisotopic (exact) mass is 318 g/mol. The maximum Gasteiger partial charge on any atom is 0.123 e. The van der Waals surface area contributed by atoms with Crippen molar-refractivity contribution in [3.05, 3.63) is 30.1 Å². The highest BCUT2D eigenvalue weighted by Crippen LogP contribution is 2.13. The number of ether oxygens (including phenoxy) is 2. The van der Waals surface area contributed by atoms with Crippen molar-refractivity contribution in [3.8, 4) is 5.75 Å². The van der Waals surface area contributed by atoms with Gasteiger partial charge in [0, 0.05) is 26.2 Å². The van der Waals surface area contributed by atoms with Crippen LogP contribution in [0.1, 0.15) is 12.8 Å². The summed E-state index contributed by atoms with van der Waals surface area (Å²) < 4.78 is 23.7. The Kier molecular flexibility index (Phi) is 7.96. The Bertz CT molecular complexity index is 405. The molecule has 0 spiro atoms. The van der Waals surface area contributed by atoms with Gasteiger partial charge in [-0.1, -0.05) is 0 Å². The number of hydrogen-bond donors (Lipinski definition) is 1. The van der Waals surface area contributed by atoms with Crippen LogP contribution < -0.4 is 10.5 Å². The van der Waals surface area contributed by atoms with Crippen LogP contribution in [0.5, 0.6) is 5.75 Å². The molecule has 0 amide bonds. The molecule has 120 valence electrons. The second kappa shape index (κ2) is 9.20. The SMILES string of the molecule is COC1CN(CCCOc2ccc(F)cc2)CCC1N.Cl. The number of benzene rings is 1. The van der Waals surface area contributed by atoms with Crippen molar-refractivity contribution in [2.45, 2.75) is 25.0 Å². The van der Waals surface area contributed by atoms with Crippen molar-refractivity contribution < 1.29 is 13.9 Å². The van der Waals surface area contributed by atoms with E-state index in [-0.39, 0.29) is 30.4 Å². The summed E-state index contributed by atoms with van der Waals surface area (Å²) in [4.78, 5) is 2.35.